The van der Waals surface area contributed by atoms with Gasteiger partial charge < -0.3 is 9.72 Å². The number of esters is 1. The van der Waals surface area contributed by atoms with E-state index in [1.54, 1.807) is 30.8 Å². The molecular weight excluding hydrogens is 392 g/mol. The quantitative estimate of drug-likeness (QED) is 0.333. The molecule has 28 heavy (non-hydrogen) atoms. The van der Waals surface area contributed by atoms with Crippen LogP contribution >= 0.6 is 23.5 Å². The van der Waals surface area contributed by atoms with E-state index in [0.717, 1.165) is 16.2 Å². The lowest BCUT2D eigenvalue weighted by molar-refractivity contribution is 0.0526. The molecule has 0 aliphatic rings. The van der Waals surface area contributed by atoms with Gasteiger partial charge in [0.25, 0.3) is 5.56 Å². The summed E-state index contributed by atoms with van der Waals surface area (Å²) < 4.78 is 4.98. The molecule has 0 atom stereocenters. The van der Waals surface area contributed by atoms with Crippen LogP contribution in [0.15, 0.2) is 75.5 Å². The van der Waals surface area contributed by atoms with Gasteiger partial charge in [0.15, 0.2) is 5.16 Å². The van der Waals surface area contributed by atoms with Crippen LogP contribution in [0, 0.1) is 0 Å². The minimum absolute atomic E-state index is 0.154. The number of nitrogens with zero attached hydrogens (tertiary/aromatic N) is 1. The van der Waals surface area contributed by atoms with Gasteiger partial charge >= 0.3 is 5.97 Å². The molecule has 1 aromatic heterocycles. The highest BCUT2D eigenvalue weighted by molar-refractivity contribution is 7.98. The minimum Gasteiger partial charge on any atom is -0.462 e. The van der Waals surface area contributed by atoms with Crippen LogP contribution in [0.5, 0.6) is 0 Å². The standard InChI is InChI=1S/C21H20N2O3S2/c1-2-26-20(25)16-10-8-15(9-11-16)13-28-21-22-17(12-19(24)23-21)14-27-18-6-4-3-5-7-18/h3-12H,2,13-14H2,1H3,(H,22,23,24). The smallest absolute Gasteiger partial charge is 0.338 e. The van der Waals surface area contributed by atoms with Crippen molar-refractivity contribution in [3.63, 3.8) is 0 Å². The molecule has 3 aromatic rings. The largest absolute Gasteiger partial charge is 0.462 e. The Morgan fingerprint density at radius 2 is 1.79 bits per heavy atom. The van der Waals surface area contributed by atoms with Crippen molar-refractivity contribution in [1.29, 1.82) is 0 Å². The summed E-state index contributed by atoms with van der Waals surface area (Å²) in [5, 5.41) is 0.589. The summed E-state index contributed by atoms with van der Waals surface area (Å²) >= 11 is 3.10. The number of H-pyrrole nitrogens is 1. The lowest BCUT2D eigenvalue weighted by atomic mass is 10.1. The Morgan fingerprint density at radius 1 is 1.04 bits per heavy atom. The van der Waals surface area contributed by atoms with Crippen molar-refractivity contribution >= 4 is 29.5 Å². The van der Waals surface area contributed by atoms with E-state index in [-0.39, 0.29) is 11.5 Å². The number of thioether (sulfide) groups is 2. The number of nitrogens with one attached hydrogen (secondary N) is 1. The number of aromatic amines is 1. The van der Waals surface area contributed by atoms with E-state index in [4.69, 9.17) is 4.74 Å². The van der Waals surface area contributed by atoms with E-state index >= 15 is 0 Å². The predicted molar refractivity (Wildman–Crippen MR) is 113 cm³/mol. The van der Waals surface area contributed by atoms with Crippen LogP contribution in [-0.4, -0.2) is 22.5 Å². The molecule has 2 aromatic carbocycles. The molecule has 0 spiro atoms. The fourth-order valence-corrected chi connectivity index (χ4v) is 4.07. The molecule has 0 aliphatic heterocycles. The first-order chi connectivity index (χ1) is 13.6. The van der Waals surface area contributed by atoms with Crippen molar-refractivity contribution in [2.45, 2.75) is 28.5 Å². The van der Waals surface area contributed by atoms with Crippen molar-refractivity contribution in [3.8, 4) is 0 Å². The fraction of sp³-hybridized carbons (Fsp3) is 0.190. The number of hydrogen-bond donors (Lipinski definition) is 1. The molecule has 0 radical (unpaired) electrons. The van der Waals surface area contributed by atoms with E-state index < -0.39 is 0 Å². The highest BCUT2D eigenvalue weighted by Crippen LogP contribution is 2.23. The van der Waals surface area contributed by atoms with Gasteiger partial charge in [0.2, 0.25) is 0 Å². The van der Waals surface area contributed by atoms with E-state index in [0.29, 0.717) is 28.8 Å². The molecule has 1 heterocycles. The summed E-state index contributed by atoms with van der Waals surface area (Å²) in [5.41, 5.74) is 2.16. The molecule has 0 bridgehead atoms. The number of carbonyl (C=O) groups is 1. The first-order valence-corrected chi connectivity index (χ1v) is 10.8. The van der Waals surface area contributed by atoms with Gasteiger partial charge in [-0.05, 0) is 36.8 Å². The molecular formula is C21H20N2O3S2. The Kier molecular flexibility index (Phi) is 7.33. The first kappa shape index (κ1) is 20.2. The first-order valence-electron chi connectivity index (χ1n) is 8.81. The normalized spacial score (nSPS) is 10.6. The van der Waals surface area contributed by atoms with Crippen LogP contribution in [0.3, 0.4) is 0 Å². The molecule has 7 heteroatoms. The average molecular weight is 413 g/mol. The van der Waals surface area contributed by atoms with Gasteiger partial charge in [0.05, 0.1) is 17.9 Å². The minimum atomic E-state index is -0.323. The van der Waals surface area contributed by atoms with Crippen LogP contribution in [0.1, 0.15) is 28.5 Å². The number of hydrogen-bond acceptors (Lipinski definition) is 6. The van der Waals surface area contributed by atoms with Crippen LogP contribution in [0.2, 0.25) is 0 Å². The van der Waals surface area contributed by atoms with Gasteiger partial charge in [-0.15, -0.1) is 11.8 Å². The zero-order valence-electron chi connectivity index (χ0n) is 15.4. The zero-order chi connectivity index (χ0) is 19.8. The van der Waals surface area contributed by atoms with E-state index in [1.807, 2.05) is 42.5 Å². The Morgan fingerprint density at radius 3 is 2.50 bits per heavy atom. The number of rotatable bonds is 8. The highest BCUT2D eigenvalue weighted by atomic mass is 32.2. The maximum Gasteiger partial charge on any atom is 0.338 e. The monoisotopic (exact) mass is 412 g/mol. The number of ether oxygens (including phenoxy) is 1. The fourth-order valence-electron chi connectivity index (χ4n) is 2.40. The molecule has 3 rings (SSSR count). The third-order valence-electron chi connectivity index (χ3n) is 3.74. The number of carbonyl (C=O) groups excluding carboxylic acids is 1. The maximum absolute atomic E-state index is 11.9. The van der Waals surface area contributed by atoms with Gasteiger partial charge in [-0.1, -0.05) is 42.1 Å². The average Bonchev–Trinajstić information content (AvgIpc) is 2.72. The van der Waals surface area contributed by atoms with Crippen molar-refractivity contribution in [2.24, 2.45) is 0 Å². The van der Waals surface area contributed by atoms with Crippen molar-refractivity contribution in [3.05, 3.63) is 87.8 Å². The zero-order valence-corrected chi connectivity index (χ0v) is 17.0. The molecule has 144 valence electrons. The molecule has 0 amide bonds. The van der Waals surface area contributed by atoms with Gasteiger partial charge in [-0.3, -0.25) is 4.79 Å². The van der Waals surface area contributed by atoms with Gasteiger partial charge in [0.1, 0.15) is 0 Å². The second-order valence-corrected chi connectivity index (χ2v) is 7.86. The van der Waals surface area contributed by atoms with Crippen LogP contribution in [0.25, 0.3) is 0 Å². The maximum atomic E-state index is 11.9. The molecule has 0 unspecified atom stereocenters. The SMILES string of the molecule is CCOC(=O)c1ccc(CSc2nc(CSc3ccccc3)cc(=O)[nH]2)cc1. The summed E-state index contributed by atoms with van der Waals surface area (Å²) in [6.07, 6.45) is 0. The molecule has 1 N–H and O–H groups in total. The van der Waals surface area contributed by atoms with Gasteiger partial charge in [0, 0.05) is 22.5 Å². The third-order valence-corrected chi connectivity index (χ3v) is 5.73. The summed E-state index contributed by atoms with van der Waals surface area (Å²) in [6.45, 7) is 2.14. The summed E-state index contributed by atoms with van der Waals surface area (Å²) in [6, 6.07) is 18.8. The van der Waals surface area contributed by atoms with Crippen LogP contribution in [-0.2, 0) is 16.2 Å². The topological polar surface area (TPSA) is 72.0 Å². The lowest BCUT2D eigenvalue weighted by Crippen LogP contribution is -2.09. The summed E-state index contributed by atoms with van der Waals surface area (Å²) in [5.74, 6) is 0.952. The van der Waals surface area contributed by atoms with Gasteiger partial charge in [-0.25, -0.2) is 9.78 Å². The number of benzene rings is 2. The highest BCUT2D eigenvalue weighted by Gasteiger charge is 2.07. The molecule has 0 fully saturated rings. The molecule has 5 nitrogen and oxygen atoms in total. The predicted octanol–water partition coefficient (Wildman–Crippen LogP) is 4.53. The third kappa shape index (κ3) is 6.00. The van der Waals surface area contributed by atoms with Crippen molar-refractivity contribution in [2.75, 3.05) is 6.61 Å². The second-order valence-electron chi connectivity index (χ2n) is 5.85. The Labute approximate surface area is 171 Å². The Balaban J connectivity index is 1.60. The number of aromatic nitrogens is 2. The molecule has 0 saturated carbocycles. The van der Waals surface area contributed by atoms with Crippen LogP contribution in [0.4, 0.5) is 0 Å². The summed E-state index contributed by atoms with van der Waals surface area (Å²) in [7, 11) is 0. The van der Waals surface area contributed by atoms with Crippen molar-refractivity contribution < 1.29 is 9.53 Å². The summed E-state index contributed by atoms with van der Waals surface area (Å²) in [4.78, 5) is 32.1. The van der Waals surface area contributed by atoms with Crippen molar-refractivity contribution in [1.82, 2.24) is 9.97 Å². The van der Waals surface area contributed by atoms with Crippen LogP contribution < -0.4 is 5.56 Å². The lowest BCUT2D eigenvalue weighted by Gasteiger charge is -2.06. The second kappa shape index (κ2) is 10.1. The molecule has 0 aliphatic carbocycles. The van der Waals surface area contributed by atoms with Gasteiger partial charge in [-0.2, -0.15) is 0 Å². The van der Waals surface area contributed by atoms with E-state index in [1.165, 1.54) is 17.8 Å². The Hall–Kier alpha value is -2.51. The van der Waals surface area contributed by atoms with E-state index in [2.05, 4.69) is 9.97 Å². The van der Waals surface area contributed by atoms with E-state index in [9.17, 15) is 9.59 Å². The Bertz CT molecular complexity index is 973. The molecule has 0 saturated heterocycles.